The van der Waals surface area contributed by atoms with Gasteiger partial charge in [0.05, 0.1) is 10.3 Å². The molecule has 2 heterocycles. The number of nitrogens with zero attached hydrogens (tertiary/aromatic N) is 2. The molecule has 1 aromatic heterocycles. The molecule has 3 aromatic rings. The summed E-state index contributed by atoms with van der Waals surface area (Å²) in [6, 6.07) is 17.5. The van der Waals surface area contributed by atoms with Crippen LogP contribution in [0.15, 0.2) is 67.0 Å². The van der Waals surface area contributed by atoms with E-state index in [2.05, 4.69) is 22.5 Å². The normalized spacial score (nSPS) is 14.9. The van der Waals surface area contributed by atoms with Crippen LogP contribution in [0, 0.1) is 0 Å². The third-order valence-corrected chi connectivity index (χ3v) is 7.16. The van der Waals surface area contributed by atoms with Crippen LogP contribution >= 0.6 is 23.5 Å². The van der Waals surface area contributed by atoms with Crippen LogP contribution in [0.1, 0.15) is 26.9 Å². The number of nitrogens with one attached hydrogen (secondary N) is 1. The second kappa shape index (κ2) is 8.01. The summed E-state index contributed by atoms with van der Waals surface area (Å²) < 4.78 is 2.24. The van der Waals surface area contributed by atoms with Crippen molar-refractivity contribution in [1.29, 1.82) is 0 Å². The number of hydrogen-bond donors (Lipinski definition) is 1. The Morgan fingerprint density at radius 3 is 2.62 bits per heavy atom. The number of thioether (sulfide) groups is 2. The summed E-state index contributed by atoms with van der Waals surface area (Å²) in [5, 5.41) is 7.21. The molecule has 0 bridgehead atoms. The highest BCUT2D eigenvalue weighted by molar-refractivity contribution is 8.16. The Labute approximate surface area is 161 Å². The fourth-order valence-corrected chi connectivity index (χ4v) is 5.71. The van der Waals surface area contributed by atoms with Crippen molar-refractivity contribution in [3.63, 3.8) is 0 Å². The summed E-state index contributed by atoms with van der Waals surface area (Å²) in [7, 11) is 0. The minimum Gasteiger partial charge on any atom is -0.322 e. The van der Waals surface area contributed by atoms with Gasteiger partial charge in [-0.15, -0.1) is 23.5 Å². The second-order valence-corrected chi connectivity index (χ2v) is 8.73. The molecule has 26 heavy (non-hydrogen) atoms. The Kier molecular flexibility index (Phi) is 5.32. The van der Waals surface area contributed by atoms with Gasteiger partial charge in [-0.1, -0.05) is 12.1 Å². The second-order valence-electron chi connectivity index (χ2n) is 6.00. The molecule has 1 aliphatic rings. The topological polar surface area (TPSA) is 46.9 Å². The summed E-state index contributed by atoms with van der Waals surface area (Å²) in [4.78, 5) is 12.6. The van der Waals surface area contributed by atoms with Gasteiger partial charge in [-0.05, 0) is 66.0 Å². The molecule has 0 aliphatic carbocycles. The molecule has 132 valence electrons. The van der Waals surface area contributed by atoms with Gasteiger partial charge in [0.25, 0.3) is 5.91 Å². The van der Waals surface area contributed by atoms with E-state index in [0.29, 0.717) is 10.1 Å². The number of rotatable bonds is 4. The van der Waals surface area contributed by atoms with Crippen LogP contribution in [0.25, 0.3) is 5.69 Å². The van der Waals surface area contributed by atoms with Gasteiger partial charge in [0.2, 0.25) is 0 Å². The molecule has 0 radical (unpaired) electrons. The zero-order valence-corrected chi connectivity index (χ0v) is 15.8. The van der Waals surface area contributed by atoms with Gasteiger partial charge in [-0.2, -0.15) is 5.10 Å². The average molecular weight is 382 g/mol. The number of hydrogen-bond acceptors (Lipinski definition) is 4. The Morgan fingerprint density at radius 2 is 1.88 bits per heavy atom. The molecule has 1 N–H and O–H groups in total. The van der Waals surface area contributed by atoms with E-state index in [9.17, 15) is 4.79 Å². The third-order valence-electron chi connectivity index (χ3n) is 4.14. The van der Waals surface area contributed by atoms with E-state index in [0.717, 1.165) is 11.4 Å². The number of benzene rings is 2. The molecular weight excluding hydrogens is 362 g/mol. The van der Waals surface area contributed by atoms with Gasteiger partial charge in [-0.25, -0.2) is 4.68 Å². The first-order valence-corrected chi connectivity index (χ1v) is 10.6. The highest BCUT2D eigenvalue weighted by atomic mass is 32.2. The van der Waals surface area contributed by atoms with Crippen molar-refractivity contribution < 1.29 is 4.79 Å². The van der Waals surface area contributed by atoms with E-state index in [-0.39, 0.29) is 5.91 Å². The number of anilines is 1. The highest BCUT2D eigenvalue weighted by Crippen LogP contribution is 2.44. The number of carbonyl (C=O) groups is 1. The quantitative estimate of drug-likeness (QED) is 0.691. The van der Waals surface area contributed by atoms with Gasteiger partial charge < -0.3 is 5.32 Å². The van der Waals surface area contributed by atoms with Crippen molar-refractivity contribution in [2.24, 2.45) is 0 Å². The summed E-state index contributed by atoms with van der Waals surface area (Å²) in [5.41, 5.74) is 3.68. The zero-order chi connectivity index (χ0) is 17.8. The SMILES string of the molecule is O=C(Nc1cccc(C2SCCCS2)c1)c1ccc(-n2cccn2)cc1. The van der Waals surface area contributed by atoms with Crippen molar-refractivity contribution in [3.8, 4) is 5.69 Å². The number of carbonyl (C=O) groups excluding carboxylic acids is 1. The van der Waals surface area contributed by atoms with Crippen molar-refractivity contribution in [2.45, 2.75) is 11.0 Å². The van der Waals surface area contributed by atoms with Crippen molar-refractivity contribution >= 4 is 35.1 Å². The minimum absolute atomic E-state index is 0.0990. The van der Waals surface area contributed by atoms with Crippen LogP contribution in [0.3, 0.4) is 0 Å². The predicted octanol–water partition coefficient (Wildman–Crippen LogP) is 4.99. The Hall–Kier alpha value is -2.18. The van der Waals surface area contributed by atoms with Crippen LogP contribution in [-0.4, -0.2) is 27.2 Å². The molecule has 1 aliphatic heterocycles. The van der Waals surface area contributed by atoms with E-state index >= 15 is 0 Å². The molecule has 1 saturated heterocycles. The van der Waals surface area contributed by atoms with Crippen molar-refractivity contribution in [1.82, 2.24) is 9.78 Å². The molecule has 4 nitrogen and oxygen atoms in total. The van der Waals surface area contributed by atoms with Crippen LogP contribution < -0.4 is 5.32 Å². The van der Waals surface area contributed by atoms with Gasteiger partial charge >= 0.3 is 0 Å². The molecule has 1 amide bonds. The lowest BCUT2D eigenvalue weighted by Crippen LogP contribution is -2.12. The van der Waals surface area contributed by atoms with E-state index in [1.807, 2.05) is 72.2 Å². The lowest BCUT2D eigenvalue weighted by atomic mass is 10.1. The number of aromatic nitrogens is 2. The van der Waals surface area contributed by atoms with E-state index in [1.54, 1.807) is 10.9 Å². The highest BCUT2D eigenvalue weighted by Gasteiger charge is 2.17. The predicted molar refractivity (Wildman–Crippen MR) is 110 cm³/mol. The minimum atomic E-state index is -0.0990. The Balaban J connectivity index is 1.46. The maximum Gasteiger partial charge on any atom is 0.255 e. The summed E-state index contributed by atoms with van der Waals surface area (Å²) in [6.07, 6.45) is 4.88. The smallest absolute Gasteiger partial charge is 0.255 e. The fraction of sp³-hybridized carbons (Fsp3) is 0.200. The van der Waals surface area contributed by atoms with Gasteiger partial charge in [-0.3, -0.25) is 4.79 Å². The van der Waals surface area contributed by atoms with Crippen molar-refractivity contribution in [3.05, 3.63) is 78.1 Å². The maximum atomic E-state index is 12.6. The summed E-state index contributed by atoms with van der Waals surface area (Å²) >= 11 is 3.97. The Bertz CT molecular complexity index is 872. The fourth-order valence-electron chi connectivity index (χ4n) is 2.83. The van der Waals surface area contributed by atoms with Gasteiger partial charge in [0, 0.05) is 23.6 Å². The lowest BCUT2D eigenvalue weighted by Gasteiger charge is -2.21. The molecule has 0 saturated carbocycles. The molecule has 1 fully saturated rings. The molecule has 4 rings (SSSR count). The molecular formula is C20H19N3OS2. The van der Waals surface area contributed by atoms with Gasteiger partial charge in [0.1, 0.15) is 0 Å². The largest absolute Gasteiger partial charge is 0.322 e. The first-order chi connectivity index (χ1) is 12.8. The van der Waals surface area contributed by atoms with Crippen LogP contribution in [-0.2, 0) is 0 Å². The Morgan fingerprint density at radius 1 is 1.08 bits per heavy atom. The van der Waals surface area contributed by atoms with E-state index < -0.39 is 0 Å². The van der Waals surface area contributed by atoms with Crippen LogP contribution in [0.2, 0.25) is 0 Å². The lowest BCUT2D eigenvalue weighted by molar-refractivity contribution is 0.102. The average Bonchev–Trinajstić information content (AvgIpc) is 3.24. The first kappa shape index (κ1) is 17.2. The first-order valence-electron chi connectivity index (χ1n) is 8.54. The van der Waals surface area contributed by atoms with Crippen molar-refractivity contribution in [2.75, 3.05) is 16.8 Å². The molecule has 0 atom stereocenters. The molecule has 0 spiro atoms. The zero-order valence-electron chi connectivity index (χ0n) is 14.2. The van der Waals surface area contributed by atoms with Crippen LogP contribution in [0.5, 0.6) is 0 Å². The number of amides is 1. The van der Waals surface area contributed by atoms with E-state index in [4.69, 9.17) is 0 Å². The molecule has 0 unspecified atom stereocenters. The third kappa shape index (κ3) is 3.97. The summed E-state index contributed by atoms with van der Waals surface area (Å²) in [5.74, 6) is 2.31. The standard InChI is InChI=1S/C20H19N3OS2/c24-19(15-6-8-18(9-7-15)23-11-2-10-21-23)22-17-5-1-4-16(14-17)20-25-12-3-13-26-20/h1-2,4-11,14,20H,3,12-13H2,(H,22,24). The van der Waals surface area contributed by atoms with E-state index in [1.165, 1.54) is 23.5 Å². The molecule has 6 heteroatoms. The molecule has 2 aromatic carbocycles. The van der Waals surface area contributed by atoms with Gasteiger partial charge in [0.15, 0.2) is 0 Å². The van der Waals surface area contributed by atoms with Crippen LogP contribution in [0.4, 0.5) is 5.69 Å². The summed E-state index contributed by atoms with van der Waals surface area (Å²) in [6.45, 7) is 0. The maximum absolute atomic E-state index is 12.6. The monoisotopic (exact) mass is 381 g/mol.